The van der Waals surface area contributed by atoms with Gasteiger partial charge in [-0.3, -0.25) is 4.79 Å². The van der Waals surface area contributed by atoms with Crippen molar-refractivity contribution >= 4 is 5.97 Å². The van der Waals surface area contributed by atoms with E-state index in [1.54, 1.807) is 6.92 Å². The van der Waals surface area contributed by atoms with Gasteiger partial charge in [-0.25, -0.2) is 0 Å². The van der Waals surface area contributed by atoms with Crippen molar-refractivity contribution in [2.45, 2.75) is 262 Å². The Balaban J connectivity index is 0.916. The molecule has 0 aromatic heterocycles. The van der Waals surface area contributed by atoms with E-state index in [0.29, 0.717) is 51.4 Å². The molecule has 5 aliphatic carbocycles. The lowest BCUT2D eigenvalue weighted by Crippen LogP contribution is -2.68. The second-order valence-corrected chi connectivity index (χ2v) is 26.4. The third kappa shape index (κ3) is 12.2. The van der Waals surface area contributed by atoms with E-state index < -0.39 is 257 Å². The standard InChI is InChI=1S/C56H90O32/c1-18-11-56-9-6-27-54(3,7-5-8-55(27,4)53(76)88-52-46(86-47-39(72)35(68)29(62)19(2)77-47)44(34(67)26(17-61)83-52)85-49-41(74)37(70)31(64)23(14-58)80-49)28(56)10-20(18)21(12-56)78-51-45(87-50-42(75)38(71)32(65)24(15-59)81-50)43(33(66)25(16-60)82-51)84-48-40(73)36(69)30(63)22(13-57)79-48/h19-52,57-75H,1,5-17H2,2-4H3/t19?,20?,21-,22?,23?,24?,25?,26?,27+,28+,29?,30?,31?,32?,33?,34?,35?,36?,37?,38?,39?,40?,41?,42?,43?,44?,45?,46?,47?,48?,49?,50?,51?,52?,54-,55-,56-/m1/s1. The summed E-state index contributed by atoms with van der Waals surface area (Å²) in [5.74, 6) is -1.78. The van der Waals surface area contributed by atoms with Crippen LogP contribution in [0.1, 0.15) is 72.1 Å². The van der Waals surface area contributed by atoms with Gasteiger partial charge in [-0.2, -0.15) is 0 Å². The van der Waals surface area contributed by atoms with Gasteiger partial charge in [0.15, 0.2) is 37.6 Å². The molecule has 32 heteroatoms. The largest absolute Gasteiger partial charge is 0.432 e. The third-order valence-corrected chi connectivity index (χ3v) is 21.2. The first kappa shape index (κ1) is 68.9. The molecule has 0 aromatic carbocycles. The van der Waals surface area contributed by atoms with Crippen LogP contribution < -0.4 is 0 Å². The van der Waals surface area contributed by atoms with Crippen LogP contribution in [0.5, 0.6) is 0 Å². The molecule has 6 aliphatic heterocycles. The zero-order valence-electron chi connectivity index (χ0n) is 48.8. The van der Waals surface area contributed by atoms with Crippen molar-refractivity contribution in [1.82, 2.24) is 0 Å². The summed E-state index contributed by atoms with van der Waals surface area (Å²) in [5, 5.41) is 204. The van der Waals surface area contributed by atoms with Crippen LogP contribution in [-0.4, -0.2) is 326 Å². The predicted molar refractivity (Wildman–Crippen MR) is 283 cm³/mol. The summed E-state index contributed by atoms with van der Waals surface area (Å²) in [7, 11) is 0. The fourth-order valence-electron chi connectivity index (χ4n) is 16.3. The van der Waals surface area contributed by atoms with E-state index in [4.69, 9.17) is 56.8 Å². The van der Waals surface area contributed by atoms with E-state index in [2.05, 4.69) is 13.5 Å². The van der Waals surface area contributed by atoms with E-state index >= 15 is 4.79 Å². The van der Waals surface area contributed by atoms with Gasteiger partial charge in [0.25, 0.3) is 0 Å². The van der Waals surface area contributed by atoms with Gasteiger partial charge >= 0.3 is 5.97 Å². The summed E-state index contributed by atoms with van der Waals surface area (Å²) >= 11 is 0. The van der Waals surface area contributed by atoms with Crippen LogP contribution in [0.4, 0.5) is 0 Å². The molecule has 0 aromatic rings. The summed E-state index contributed by atoms with van der Waals surface area (Å²) in [6, 6.07) is 0. The Morgan fingerprint density at radius 1 is 0.466 bits per heavy atom. The molecule has 6 heterocycles. The molecule has 1 spiro atoms. The van der Waals surface area contributed by atoms with Crippen molar-refractivity contribution in [2.75, 3.05) is 33.0 Å². The monoisotopic (exact) mass is 1270 g/mol. The van der Waals surface area contributed by atoms with E-state index in [1.807, 2.05) is 0 Å². The summed E-state index contributed by atoms with van der Waals surface area (Å²) < 4.78 is 72.9. The Morgan fingerprint density at radius 2 is 0.864 bits per heavy atom. The number of rotatable bonds is 17. The van der Waals surface area contributed by atoms with Crippen LogP contribution in [0.2, 0.25) is 0 Å². The highest BCUT2D eigenvalue weighted by atomic mass is 16.8. The number of ether oxygens (including phenoxy) is 12. The summed E-state index contributed by atoms with van der Waals surface area (Å²) in [5.41, 5.74) is -1.67. The van der Waals surface area contributed by atoms with Gasteiger partial charge in [0, 0.05) is 5.92 Å². The molecule has 11 aliphatic rings. The first-order chi connectivity index (χ1) is 41.6. The first-order valence-electron chi connectivity index (χ1n) is 30.3. The van der Waals surface area contributed by atoms with Crippen molar-refractivity contribution in [3.05, 3.63) is 12.2 Å². The lowest BCUT2D eigenvalue weighted by molar-refractivity contribution is -0.398. The van der Waals surface area contributed by atoms with E-state index in [-0.39, 0.29) is 5.92 Å². The smallest absolute Gasteiger partial charge is 0.314 e. The minimum atomic E-state index is -2.03. The van der Waals surface area contributed by atoms with Crippen LogP contribution in [0.25, 0.3) is 0 Å². The van der Waals surface area contributed by atoms with Gasteiger partial charge in [0.1, 0.15) is 134 Å². The maximum Gasteiger partial charge on any atom is 0.314 e. The van der Waals surface area contributed by atoms with E-state index in [9.17, 15) is 97.0 Å². The van der Waals surface area contributed by atoms with Gasteiger partial charge in [-0.15, -0.1) is 0 Å². The molecular formula is C56H90O32. The average molecular weight is 1280 g/mol. The number of carbonyl (C=O) groups excluding carboxylic acids is 1. The minimum Gasteiger partial charge on any atom is -0.432 e. The van der Waals surface area contributed by atoms with Crippen LogP contribution >= 0.6 is 0 Å². The lowest BCUT2D eigenvalue weighted by atomic mass is 9.36. The quantitative estimate of drug-likeness (QED) is 0.0365. The second kappa shape index (κ2) is 27.0. The zero-order valence-corrected chi connectivity index (χ0v) is 48.8. The van der Waals surface area contributed by atoms with Crippen LogP contribution in [0.3, 0.4) is 0 Å². The van der Waals surface area contributed by atoms with Crippen molar-refractivity contribution in [1.29, 1.82) is 0 Å². The first-order valence-corrected chi connectivity index (χ1v) is 30.3. The number of esters is 1. The molecule has 31 unspecified atom stereocenters. The molecule has 0 radical (unpaired) electrons. The third-order valence-electron chi connectivity index (χ3n) is 21.2. The lowest BCUT2D eigenvalue weighted by Gasteiger charge is -2.69. The van der Waals surface area contributed by atoms with Crippen LogP contribution in [0, 0.1) is 34.0 Å². The van der Waals surface area contributed by atoms with Crippen molar-refractivity contribution in [3.8, 4) is 0 Å². The summed E-state index contributed by atoms with van der Waals surface area (Å²) in [4.78, 5) is 15.4. The summed E-state index contributed by atoms with van der Waals surface area (Å²) in [6.07, 6.45) is -50.8. The molecule has 2 bridgehead atoms. The van der Waals surface area contributed by atoms with Crippen molar-refractivity contribution in [3.63, 3.8) is 0 Å². The van der Waals surface area contributed by atoms with Gasteiger partial charge in [-0.1, -0.05) is 25.5 Å². The number of hydrogen-bond donors (Lipinski definition) is 19. The molecule has 19 N–H and O–H groups in total. The normalized spacial score (nSPS) is 55.0. The highest BCUT2D eigenvalue weighted by Gasteiger charge is 2.68. The number of carbonyl (C=O) groups is 1. The number of fused-ring (bicyclic) bond motifs is 3. The molecule has 11 rings (SSSR count). The van der Waals surface area contributed by atoms with E-state index in [0.717, 1.165) is 5.57 Å². The summed E-state index contributed by atoms with van der Waals surface area (Å²) in [6.45, 7) is 5.41. The Hall–Kier alpha value is -1.99. The van der Waals surface area contributed by atoms with E-state index in [1.165, 1.54) is 6.92 Å². The van der Waals surface area contributed by atoms with Crippen molar-refractivity contribution in [2.24, 2.45) is 34.0 Å². The fourth-order valence-corrected chi connectivity index (χ4v) is 16.3. The fraction of sp³-hybridized carbons (Fsp3) is 0.946. The maximum absolute atomic E-state index is 15.4. The van der Waals surface area contributed by atoms with Gasteiger partial charge < -0.3 is 154 Å². The molecule has 11 fully saturated rings. The van der Waals surface area contributed by atoms with Crippen LogP contribution in [-0.2, 0) is 61.6 Å². The maximum atomic E-state index is 15.4. The molecule has 506 valence electrons. The molecule has 6 saturated heterocycles. The molecular weight excluding hydrogens is 1180 g/mol. The van der Waals surface area contributed by atoms with Gasteiger partial charge in [0.2, 0.25) is 6.29 Å². The SMILES string of the molecule is C=C1C[C@@]23CC[C@H]4[C@@](C)(CCC[C@@]4(C)C(=O)OC4OC(CO)C(O)C(OC5OC(CO)C(O)C(O)C5O)C4OC4OC(C)C(O)C(O)C4O)[C@@H]2CC1[C@H](OC1OC(CO)C(O)C(OC2OC(CO)C(O)C(O)C2O)C1OC1OC(CO)C(O)C(O)C1O)C3. The van der Waals surface area contributed by atoms with Crippen molar-refractivity contribution < 1.29 is 159 Å². The highest BCUT2D eigenvalue weighted by molar-refractivity contribution is 5.77. The topological polar surface area (TPSA) is 512 Å². The Labute approximate surface area is 505 Å². The Kier molecular flexibility index (Phi) is 21.1. The highest BCUT2D eigenvalue weighted by Crippen LogP contribution is 2.72. The molecule has 88 heavy (non-hydrogen) atoms. The molecule has 37 atom stereocenters. The van der Waals surface area contributed by atoms with Crippen LogP contribution in [0.15, 0.2) is 12.2 Å². The predicted octanol–water partition coefficient (Wildman–Crippen LogP) is -8.58. The molecule has 5 saturated carbocycles. The van der Waals surface area contributed by atoms with Gasteiger partial charge in [-0.05, 0) is 81.5 Å². The van der Waals surface area contributed by atoms with Gasteiger partial charge in [0.05, 0.1) is 50.7 Å². The Morgan fingerprint density at radius 3 is 1.33 bits per heavy atom. The average Bonchev–Trinajstić information content (AvgIpc) is 0.716. The molecule has 0 amide bonds. The second-order valence-electron chi connectivity index (χ2n) is 26.4. The number of hydrogen-bond acceptors (Lipinski definition) is 32. The zero-order chi connectivity index (χ0) is 64.0. The Bertz CT molecular complexity index is 2360. The molecule has 32 nitrogen and oxygen atoms in total. The number of aliphatic hydroxyl groups is 19. The minimum absolute atomic E-state index is 0.120. The number of aliphatic hydroxyl groups excluding tert-OH is 19.